The molecule has 1 atom stereocenters. The number of hydrogen-bond acceptors (Lipinski definition) is 2. The molecule has 2 aromatic rings. The van der Waals surface area contributed by atoms with Crippen molar-refractivity contribution in [3.63, 3.8) is 0 Å². The van der Waals surface area contributed by atoms with Crippen LogP contribution in [0.2, 0.25) is 0 Å². The van der Waals surface area contributed by atoms with E-state index in [4.69, 9.17) is 5.73 Å². The van der Waals surface area contributed by atoms with Crippen LogP contribution in [0.4, 0.5) is 0 Å². The minimum Gasteiger partial charge on any atom is -0.324 e. The Hall–Kier alpha value is -0.860. The summed E-state index contributed by atoms with van der Waals surface area (Å²) in [5.41, 5.74) is 7.14. The van der Waals surface area contributed by atoms with Gasteiger partial charge >= 0.3 is 0 Å². The molecule has 2 rings (SSSR count). The van der Waals surface area contributed by atoms with Crippen LogP contribution in [-0.4, -0.2) is 0 Å². The molecule has 0 aliphatic rings. The number of nitrogens with two attached hydrogens (primary N) is 1. The van der Waals surface area contributed by atoms with Crippen molar-refractivity contribution in [2.24, 2.45) is 5.73 Å². The minimum atomic E-state index is 0.151. The van der Waals surface area contributed by atoms with E-state index in [-0.39, 0.29) is 6.04 Å². The van der Waals surface area contributed by atoms with Crippen molar-refractivity contribution in [3.05, 3.63) is 34.7 Å². The van der Waals surface area contributed by atoms with Crippen molar-refractivity contribution in [1.29, 1.82) is 0 Å². The highest BCUT2D eigenvalue weighted by atomic mass is 32.1. The van der Waals surface area contributed by atoms with Gasteiger partial charge in [-0.2, -0.15) is 0 Å². The molecule has 1 aromatic carbocycles. The quantitative estimate of drug-likeness (QED) is 0.735. The molecular formula is C11H13NS. The molecule has 0 aliphatic heterocycles. The number of thiophene rings is 1. The Kier molecular flexibility index (Phi) is 2.10. The smallest absolute Gasteiger partial charge is 0.0361 e. The average molecular weight is 191 g/mol. The van der Waals surface area contributed by atoms with Crippen LogP contribution in [0.15, 0.2) is 24.3 Å². The summed E-state index contributed by atoms with van der Waals surface area (Å²) >= 11 is 1.79. The average Bonchev–Trinajstić information content (AvgIpc) is 2.46. The van der Waals surface area contributed by atoms with E-state index in [2.05, 4.69) is 31.2 Å². The molecule has 68 valence electrons. The van der Waals surface area contributed by atoms with Gasteiger partial charge in [0.1, 0.15) is 0 Å². The number of fused-ring (bicyclic) bond motifs is 1. The van der Waals surface area contributed by atoms with Gasteiger partial charge in [-0.05, 0) is 36.9 Å². The van der Waals surface area contributed by atoms with Crippen LogP contribution < -0.4 is 5.73 Å². The molecule has 0 radical (unpaired) electrons. The van der Waals surface area contributed by atoms with E-state index < -0.39 is 0 Å². The highest BCUT2D eigenvalue weighted by Gasteiger charge is 2.04. The van der Waals surface area contributed by atoms with E-state index in [0.29, 0.717) is 0 Å². The molecule has 2 heteroatoms. The van der Waals surface area contributed by atoms with Crippen molar-refractivity contribution in [2.75, 3.05) is 0 Å². The summed E-state index contributed by atoms with van der Waals surface area (Å²) in [5.74, 6) is 0. The molecule has 1 unspecified atom stereocenters. The van der Waals surface area contributed by atoms with Crippen LogP contribution in [0.3, 0.4) is 0 Å². The highest BCUT2D eigenvalue weighted by Crippen LogP contribution is 2.29. The Morgan fingerprint density at radius 3 is 2.77 bits per heavy atom. The summed E-state index contributed by atoms with van der Waals surface area (Å²) < 4.78 is 1.34. The lowest BCUT2D eigenvalue weighted by atomic mass is 10.2. The first-order valence-electron chi connectivity index (χ1n) is 4.42. The maximum absolute atomic E-state index is 5.83. The van der Waals surface area contributed by atoms with Crippen molar-refractivity contribution in [2.45, 2.75) is 19.9 Å². The Morgan fingerprint density at radius 2 is 2.08 bits per heavy atom. The first-order valence-corrected chi connectivity index (χ1v) is 5.24. The third-order valence-electron chi connectivity index (χ3n) is 2.14. The van der Waals surface area contributed by atoms with Gasteiger partial charge in [-0.25, -0.2) is 0 Å². The third-order valence-corrected chi connectivity index (χ3v) is 3.44. The summed E-state index contributed by atoms with van der Waals surface area (Å²) in [6.45, 7) is 4.14. The molecule has 1 aromatic heterocycles. The zero-order valence-electron chi connectivity index (χ0n) is 7.87. The van der Waals surface area contributed by atoms with Crippen LogP contribution in [-0.2, 0) is 0 Å². The molecule has 1 nitrogen and oxygen atoms in total. The molecule has 2 N–H and O–H groups in total. The monoisotopic (exact) mass is 191 g/mol. The molecule has 13 heavy (non-hydrogen) atoms. The van der Waals surface area contributed by atoms with Crippen LogP contribution in [0.5, 0.6) is 0 Å². The van der Waals surface area contributed by atoms with Crippen LogP contribution in [0.1, 0.15) is 23.4 Å². The Labute approximate surface area is 82.2 Å². The second-order valence-electron chi connectivity index (χ2n) is 3.48. The van der Waals surface area contributed by atoms with Crippen molar-refractivity contribution < 1.29 is 0 Å². The molecule has 1 heterocycles. The van der Waals surface area contributed by atoms with Gasteiger partial charge in [-0.15, -0.1) is 11.3 Å². The van der Waals surface area contributed by atoms with Crippen LogP contribution in [0.25, 0.3) is 10.1 Å². The fourth-order valence-corrected chi connectivity index (χ4v) is 2.50. The maximum atomic E-state index is 5.83. The molecule has 0 fully saturated rings. The van der Waals surface area contributed by atoms with Crippen molar-refractivity contribution in [3.8, 4) is 0 Å². The summed E-state index contributed by atoms with van der Waals surface area (Å²) in [6, 6.07) is 8.85. The van der Waals surface area contributed by atoms with E-state index in [0.717, 1.165) is 0 Å². The summed E-state index contributed by atoms with van der Waals surface area (Å²) in [4.78, 5) is 1.26. The first-order chi connectivity index (χ1) is 6.16. The molecule has 0 amide bonds. The Morgan fingerprint density at radius 1 is 1.31 bits per heavy atom. The van der Waals surface area contributed by atoms with Gasteiger partial charge in [0.25, 0.3) is 0 Å². The predicted octanol–water partition coefficient (Wildman–Crippen LogP) is 3.23. The lowest BCUT2D eigenvalue weighted by Crippen LogP contribution is -2.01. The summed E-state index contributed by atoms with van der Waals surface area (Å²) in [6.07, 6.45) is 0. The third kappa shape index (κ3) is 1.60. The SMILES string of the molecule is Cc1ccc2cc(C(C)N)sc2c1. The van der Waals surface area contributed by atoms with Gasteiger partial charge in [0.05, 0.1) is 0 Å². The number of rotatable bonds is 1. The van der Waals surface area contributed by atoms with Gasteiger partial charge in [-0.1, -0.05) is 12.1 Å². The molecule has 0 saturated heterocycles. The zero-order chi connectivity index (χ0) is 9.42. The predicted molar refractivity (Wildman–Crippen MR) is 59.2 cm³/mol. The molecule has 0 bridgehead atoms. The molecule has 0 spiro atoms. The normalized spacial score (nSPS) is 13.5. The number of aryl methyl sites for hydroxylation is 1. The second kappa shape index (κ2) is 3.13. The number of benzene rings is 1. The summed E-state index contributed by atoms with van der Waals surface area (Å²) in [5, 5.41) is 1.31. The van der Waals surface area contributed by atoms with Gasteiger partial charge < -0.3 is 5.73 Å². The summed E-state index contributed by atoms with van der Waals surface area (Å²) in [7, 11) is 0. The van der Waals surface area contributed by atoms with E-state index in [1.54, 1.807) is 11.3 Å². The van der Waals surface area contributed by atoms with E-state index in [9.17, 15) is 0 Å². The van der Waals surface area contributed by atoms with Gasteiger partial charge in [0, 0.05) is 15.6 Å². The maximum Gasteiger partial charge on any atom is 0.0361 e. The van der Waals surface area contributed by atoms with Crippen LogP contribution in [0, 0.1) is 6.92 Å². The van der Waals surface area contributed by atoms with Gasteiger partial charge in [0.15, 0.2) is 0 Å². The Bertz CT molecular complexity index is 429. The topological polar surface area (TPSA) is 26.0 Å². The lowest BCUT2D eigenvalue weighted by Gasteiger charge is -1.96. The van der Waals surface area contributed by atoms with E-state index in [1.807, 2.05) is 6.92 Å². The highest BCUT2D eigenvalue weighted by molar-refractivity contribution is 7.19. The first kappa shape index (κ1) is 8.73. The largest absolute Gasteiger partial charge is 0.324 e. The zero-order valence-corrected chi connectivity index (χ0v) is 8.69. The van der Waals surface area contributed by atoms with Gasteiger partial charge in [0.2, 0.25) is 0 Å². The molecular weight excluding hydrogens is 178 g/mol. The number of hydrogen-bond donors (Lipinski definition) is 1. The van der Waals surface area contributed by atoms with Crippen LogP contribution >= 0.6 is 11.3 Å². The second-order valence-corrected chi connectivity index (χ2v) is 4.59. The minimum absolute atomic E-state index is 0.151. The standard InChI is InChI=1S/C11H13NS/c1-7-3-4-9-6-10(8(2)12)13-11(9)5-7/h3-6,8H,12H2,1-2H3. The fraction of sp³-hybridized carbons (Fsp3) is 0.273. The Balaban J connectivity index is 2.62. The molecule has 0 aliphatic carbocycles. The van der Waals surface area contributed by atoms with E-state index >= 15 is 0 Å². The van der Waals surface area contributed by atoms with E-state index in [1.165, 1.54) is 20.5 Å². The fourth-order valence-electron chi connectivity index (χ4n) is 1.38. The van der Waals surface area contributed by atoms with Crippen molar-refractivity contribution in [1.82, 2.24) is 0 Å². The van der Waals surface area contributed by atoms with Gasteiger partial charge in [-0.3, -0.25) is 0 Å². The molecule has 0 saturated carbocycles. The van der Waals surface area contributed by atoms with Crippen molar-refractivity contribution >= 4 is 21.4 Å². The lowest BCUT2D eigenvalue weighted by molar-refractivity contribution is 0.839.